The second-order valence-corrected chi connectivity index (χ2v) is 11.5. The van der Waals surface area contributed by atoms with Gasteiger partial charge in [0.05, 0.1) is 33.5 Å². The maximum Gasteiger partial charge on any atom is 0.197 e. The van der Waals surface area contributed by atoms with Gasteiger partial charge in [-0.25, -0.2) is 9.97 Å². The minimum absolute atomic E-state index is 0.235. The lowest BCUT2D eigenvalue weighted by Gasteiger charge is -2.29. The van der Waals surface area contributed by atoms with Gasteiger partial charge in [0.25, 0.3) is 0 Å². The van der Waals surface area contributed by atoms with Gasteiger partial charge in [-0.1, -0.05) is 71.7 Å². The number of ketones is 2. The number of anilines is 4. The Kier molecular flexibility index (Phi) is 5.33. The predicted molar refractivity (Wildman–Crippen MR) is 176 cm³/mol. The summed E-state index contributed by atoms with van der Waals surface area (Å²) in [5.41, 5.74) is 8.53. The van der Waals surface area contributed by atoms with E-state index in [1.165, 1.54) is 6.08 Å². The highest BCUT2D eigenvalue weighted by Gasteiger charge is 2.40. The van der Waals surface area contributed by atoms with Gasteiger partial charge in [0.15, 0.2) is 23.2 Å². The summed E-state index contributed by atoms with van der Waals surface area (Å²) >= 11 is 0. The summed E-state index contributed by atoms with van der Waals surface area (Å²) in [6.45, 7) is 12.2. The molecule has 0 bridgehead atoms. The number of Topliss-reactive ketones (excluding diaryl/α,β-unsaturated/α-hetero) is 2. The molecule has 7 rings (SSSR count). The fourth-order valence-electron chi connectivity index (χ4n) is 6.57. The molecule has 216 valence electrons. The monoisotopic (exact) mass is 580 g/mol. The number of aromatic nitrogens is 2. The van der Waals surface area contributed by atoms with E-state index in [-0.39, 0.29) is 16.7 Å². The summed E-state index contributed by atoms with van der Waals surface area (Å²) in [5, 5.41) is 0. The number of aryl methyl sites for hydroxylation is 6. The summed E-state index contributed by atoms with van der Waals surface area (Å²) in [7, 11) is 0. The van der Waals surface area contributed by atoms with Crippen molar-refractivity contribution in [3.63, 3.8) is 0 Å². The summed E-state index contributed by atoms with van der Waals surface area (Å²) in [6, 6.07) is 13.9. The number of nitrogens with zero attached hydrogens (tertiary/aromatic N) is 4. The number of para-hydroxylation sites is 2. The van der Waals surface area contributed by atoms with Crippen molar-refractivity contribution in [3.05, 3.63) is 141 Å². The van der Waals surface area contributed by atoms with Crippen LogP contribution in [-0.4, -0.2) is 21.5 Å². The number of carbonyl (C=O) groups excluding carboxylic acids is 2. The van der Waals surface area contributed by atoms with E-state index >= 15 is 0 Å². The molecule has 0 N–H and O–H groups in total. The Hall–Kier alpha value is -5.36. The Morgan fingerprint density at radius 1 is 0.636 bits per heavy atom. The highest BCUT2D eigenvalue weighted by atomic mass is 16.2. The molecule has 1 aliphatic heterocycles. The van der Waals surface area contributed by atoms with E-state index in [1.54, 1.807) is 6.08 Å². The van der Waals surface area contributed by atoms with Crippen molar-refractivity contribution in [3.8, 4) is 0 Å². The fourth-order valence-corrected chi connectivity index (χ4v) is 6.57. The lowest BCUT2D eigenvalue weighted by atomic mass is 10.0. The molecule has 1 aliphatic carbocycles. The molecule has 0 saturated carbocycles. The molecule has 0 saturated heterocycles. The van der Waals surface area contributed by atoms with Crippen molar-refractivity contribution >= 4 is 45.6 Å². The zero-order valence-electron chi connectivity index (χ0n) is 29.4. The summed E-state index contributed by atoms with van der Waals surface area (Å²) < 4.78 is 32.9. The molecule has 0 fully saturated rings. The van der Waals surface area contributed by atoms with Gasteiger partial charge in [-0.15, -0.1) is 0 Å². The average Bonchev–Trinajstić information content (AvgIpc) is 3.45. The molecule has 5 aromatic rings. The molecule has 0 radical (unpaired) electrons. The third-order valence-electron chi connectivity index (χ3n) is 8.16. The van der Waals surface area contributed by atoms with Gasteiger partial charge in [-0.2, -0.15) is 0 Å². The molecule has 1 aromatic heterocycles. The minimum atomic E-state index is -0.736. The molecule has 4 aromatic carbocycles. The standard InChI is InChI=1S/C38H32N4O2/c1-21-17-23(3)33(24(4)18-21)41-32(16-15-29-35(43)27-11-7-8-12-28(27)36(29)44)42(34-25(5)19-22(2)20-26(34)6)38-37(41)39-30-13-9-10-14-31(30)40-38/h7-20H,1-6H3/i7D,8D,11D,12D. The van der Waals surface area contributed by atoms with Gasteiger partial charge in [0.2, 0.25) is 0 Å². The minimum Gasteiger partial charge on any atom is -0.288 e. The Bertz CT molecular complexity index is 2160. The quantitative estimate of drug-likeness (QED) is 0.157. The van der Waals surface area contributed by atoms with Crippen LogP contribution in [0.2, 0.25) is 0 Å². The van der Waals surface area contributed by atoms with Crippen molar-refractivity contribution in [2.45, 2.75) is 41.5 Å². The van der Waals surface area contributed by atoms with Gasteiger partial charge in [-0.05, 0) is 88.1 Å². The molecular formula is C38H32N4O2. The van der Waals surface area contributed by atoms with Crippen LogP contribution in [0, 0.1) is 41.5 Å². The van der Waals surface area contributed by atoms with Crippen molar-refractivity contribution in [2.75, 3.05) is 9.80 Å². The van der Waals surface area contributed by atoms with Crippen LogP contribution < -0.4 is 9.80 Å². The largest absolute Gasteiger partial charge is 0.288 e. The zero-order chi connectivity index (χ0) is 34.3. The van der Waals surface area contributed by atoms with E-state index in [0.29, 0.717) is 28.5 Å². The summed E-state index contributed by atoms with van der Waals surface area (Å²) in [5.74, 6) is 0.271. The maximum absolute atomic E-state index is 13.7. The number of allylic oxidation sites excluding steroid dienone is 3. The van der Waals surface area contributed by atoms with Crippen LogP contribution in [0.15, 0.2) is 96.2 Å². The van der Waals surface area contributed by atoms with Gasteiger partial charge in [0, 0.05) is 11.1 Å². The van der Waals surface area contributed by atoms with Crippen LogP contribution in [0.25, 0.3) is 11.0 Å². The number of fused-ring (bicyclic) bond motifs is 3. The highest BCUT2D eigenvalue weighted by molar-refractivity contribution is 6.39. The first kappa shape index (κ1) is 23.1. The van der Waals surface area contributed by atoms with Crippen molar-refractivity contribution in [2.24, 2.45) is 0 Å². The van der Waals surface area contributed by atoms with E-state index in [2.05, 4.69) is 24.3 Å². The zero-order valence-corrected chi connectivity index (χ0v) is 25.4. The molecule has 6 heteroatoms. The van der Waals surface area contributed by atoms with Crippen molar-refractivity contribution in [1.29, 1.82) is 0 Å². The van der Waals surface area contributed by atoms with Crippen LogP contribution in [0.5, 0.6) is 0 Å². The van der Waals surface area contributed by atoms with Crippen LogP contribution >= 0.6 is 0 Å². The molecule has 2 aliphatic rings. The lowest BCUT2D eigenvalue weighted by molar-refractivity contribution is 0.0988. The molecule has 2 heterocycles. The second kappa shape index (κ2) is 10.1. The first-order valence-corrected chi connectivity index (χ1v) is 14.4. The van der Waals surface area contributed by atoms with E-state index in [0.717, 1.165) is 44.8 Å². The fraction of sp³-hybridized carbons (Fsp3) is 0.158. The number of rotatable bonds is 3. The summed E-state index contributed by atoms with van der Waals surface area (Å²) in [4.78, 5) is 41.7. The predicted octanol–water partition coefficient (Wildman–Crippen LogP) is 8.62. The Balaban J connectivity index is 1.55. The molecule has 0 amide bonds. The van der Waals surface area contributed by atoms with Gasteiger partial charge in [0.1, 0.15) is 5.82 Å². The first-order valence-electron chi connectivity index (χ1n) is 16.4. The van der Waals surface area contributed by atoms with Crippen LogP contribution in [0.4, 0.5) is 23.0 Å². The Morgan fingerprint density at radius 2 is 1.05 bits per heavy atom. The third-order valence-corrected chi connectivity index (χ3v) is 8.16. The topological polar surface area (TPSA) is 66.4 Å². The third kappa shape index (κ3) is 4.17. The van der Waals surface area contributed by atoms with Crippen molar-refractivity contribution in [1.82, 2.24) is 9.97 Å². The average molecular weight is 581 g/mol. The number of hydrogen-bond donors (Lipinski definition) is 0. The normalized spacial score (nSPS) is 15.3. The van der Waals surface area contributed by atoms with Crippen LogP contribution in [0.1, 0.15) is 59.6 Å². The lowest BCUT2D eigenvalue weighted by Crippen LogP contribution is -2.24. The first-order chi connectivity index (χ1) is 22.8. The van der Waals surface area contributed by atoms with E-state index in [4.69, 9.17) is 15.5 Å². The summed E-state index contributed by atoms with van der Waals surface area (Å²) in [6.07, 6.45) is 3.12. The SMILES string of the molecule is [2H]c1c([2H])c([2H])c2c(c1[2H])C(=O)C(=CC=C1N(c3c(C)cc(C)cc3C)c3nc4ccccc4nc3N1c1c(C)cc(C)cc1C)C2=O. The van der Waals surface area contributed by atoms with Gasteiger partial charge >= 0.3 is 0 Å². The second-order valence-electron chi connectivity index (χ2n) is 11.5. The molecule has 6 nitrogen and oxygen atoms in total. The van der Waals surface area contributed by atoms with Crippen LogP contribution in [-0.2, 0) is 0 Å². The van der Waals surface area contributed by atoms with Crippen LogP contribution in [0.3, 0.4) is 0 Å². The molecule has 0 spiro atoms. The highest BCUT2D eigenvalue weighted by Crippen LogP contribution is 2.51. The molecule has 44 heavy (non-hydrogen) atoms. The molecule has 0 atom stereocenters. The van der Waals surface area contributed by atoms with E-state index in [1.807, 2.05) is 75.6 Å². The van der Waals surface area contributed by atoms with E-state index in [9.17, 15) is 9.59 Å². The Morgan fingerprint density at radius 3 is 1.45 bits per heavy atom. The number of benzene rings is 4. The van der Waals surface area contributed by atoms with Crippen molar-refractivity contribution < 1.29 is 15.1 Å². The Labute approximate surface area is 262 Å². The molecular weight excluding hydrogens is 544 g/mol. The van der Waals surface area contributed by atoms with Gasteiger partial charge < -0.3 is 0 Å². The van der Waals surface area contributed by atoms with Gasteiger partial charge in [-0.3, -0.25) is 19.4 Å². The van der Waals surface area contributed by atoms with E-state index < -0.39 is 35.7 Å². The number of carbonyl (C=O) groups is 2. The number of hydrogen-bond acceptors (Lipinski definition) is 6. The maximum atomic E-state index is 13.7. The smallest absolute Gasteiger partial charge is 0.197 e. The molecule has 0 unspecified atom stereocenters.